The van der Waals surface area contributed by atoms with Crippen molar-refractivity contribution in [1.82, 2.24) is 9.97 Å². The van der Waals surface area contributed by atoms with Crippen LogP contribution in [0, 0.1) is 0 Å². The standard InChI is InChI=1S/C18H16F3N3OS2.C2H4O2/c19-18(20,21)13-3-1-2-4-14(13)25-12-5-8-24(9-6-12)17-23-11-15(27-17)16-22-7-10-26-16;1-2(3)4/h1-4,7,10-12H,5-6,8-9H2;1H3,(H,3,4). The Kier molecular flexibility index (Phi) is 7.50. The van der Waals surface area contributed by atoms with Crippen molar-refractivity contribution >= 4 is 33.8 Å². The number of carboxylic acids is 1. The van der Waals surface area contributed by atoms with Crippen LogP contribution in [0.5, 0.6) is 5.75 Å². The van der Waals surface area contributed by atoms with Crippen molar-refractivity contribution in [2.75, 3.05) is 18.0 Å². The SMILES string of the molecule is CC(=O)O.FC(F)(F)c1ccccc1OC1CCN(c2ncc(-c3nccs3)s2)CC1. The van der Waals surface area contributed by atoms with Crippen LogP contribution in [0.15, 0.2) is 42.0 Å². The third-order valence-electron chi connectivity index (χ3n) is 4.34. The van der Waals surface area contributed by atoms with Gasteiger partial charge in [-0.15, -0.1) is 11.3 Å². The van der Waals surface area contributed by atoms with E-state index in [1.165, 1.54) is 12.1 Å². The number of nitrogens with zero attached hydrogens (tertiary/aromatic N) is 3. The molecule has 4 rings (SSSR count). The van der Waals surface area contributed by atoms with E-state index in [0.717, 1.165) is 28.0 Å². The zero-order valence-electron chi connectivity index (χ0n) is 16.5. The Morgan fingerprint density at radius 1 is 1.23 bits per heavy atom. The van der Waals surface area contributed by atoms with Crippen LogP contribution in [0.4, 0.5) is 18.3 Å². The molecule has 0 radical (unpaired) electrons. The number of ether oxygens (including phenoxy) is 1. The second kappa shape index (κ2) is 10.1. The van der Waals surface area contributed by atoms with E-state index in [2.05, 4.69) is 14.9 Å². The maximum atomic E-state index is 13.1. The topological polar surface area (TPSA) is 75.6 Å². The monoisotopic (exact) mass is 471 g/mol. The number of benzene rings is 1. The van der Waals surface area contributed by atoms with Crippen LogP contribution in [0.25, 0.3) is 9.88 Å². The van der Waals surface area contributed by atoms with E-state index in [1.54, 1.807) is 34.9 Å². The van der Waals surface area contributed by atoms with Crippen molar-refractivity contribution < 1.29 is 27.8 Å². The lowest BCUT2D eigenvalue weighted by atomic mass is 10.1. The Morgan fingerprint density at radius 3 is 2.52 bits per heavy atom. The fourth-order valence-electron chi connectivity index (χ4n) is 3.00. The molecule has 1 fully saturated rings. The summed E-state index contributed by atoms with van der Waals surface area (Å²) in [5, 5.41) is 11.2. The number of rotatable bonds is 4. The summed E-state index contributed by atoms with van der Waals surface area (Å²) in [4.78, 5) is 20.9. The second-order valence-electron chi connectivity index (χ2n) is 6.66. The highest BCUT2D eigenvalue weighted by Gasteiger charge is 2.35. The number of aliphatic carboxylic acids is 1. The van der Waals surface area contributed by atoms with Crippen molar-refractivity contribution in [3.8, 4) is 15.6 Å². The highest BCUT2D eigenvalue weighted by Crippen LogP contribution is 2.37. The van der Waals surface area contributed by atoms with Crippen LogP contribution in [0.2, 0.25) is 0 Å². The number of hydrogen-bond donors (Lipinski definition) is 1. The molecule has 0 spiro atoms. The average molecular weight is 472 g/mol. The lowest BCUT2D eigenvalue weighted by molar-refractivity contribution is -0.139. The smallest absolute Gasteiger partial charge is 0.419 e. The Morgan fingerprint density at radius 2 is 1.90 bits per heavy atom. The summed E-state index contributed by atoms with van der Waals surface area (Å²) in [5.41, 5.74) is -0.722. The first kappa shape index (κ1) is 23.0. The van der Waals surface area contributed by atoms with Gasteiger partial charge in [0.2, 0.25) is 0 Å². The van der Waals surface area contributed by atoms with Gasteiger partial charge in [-0.05, 0) is 12.1 Å². The summed E-state index contributed by atoms with van der Waals surface area (Å²) in [7, 11) is 0. The van der Waals surface area contributed by atoms with Crippen LogP contribution in [-0.4, -0.2) is 40.2 Å². The highest BCUT2D eigenvalue weighted by molar-refractivity contribution is 7.23. The molecule has 3 aromatic rings. The summed E-state index contributed by atoms with van der Waals surface area (Å²) < 4.78 is 45.0. The maximum Gasteiger partial charge on any atom is 0.419 e. The summed E-state index contributed by atoms with van der Waals surface area (Å²) in [6, 6.07) is 5.38. The summed E-state index contributed by atoms with van der Waals surface area (Å²) in [6.07, 6.45) is 0.242. The van der Waals surface area contributed by atoms with Crippen molar-refractivity contribution in [3.63, 3.8) is 0 Å². The van der Waals surface area contributed by atoms with Gasteiger partial charge in [-0.2, -0.15) is 13.2 Å². The van der Waals surface area contributed by atoms with Gasteiger partial charge in [0, 0.05) is 44.4 Å². The average Bonchev–Trinajstić information content (AvgIpc) is 3.40. The van der Waals surface area contributed by atoms with E-state index in [4.69, 9.17) is 14.6 Å². The van der Waals surface area contributed by atoms with Gasteiger partial charge >= 0.3 is 6.18 Å². The largest absolute Gasteiger partial charge is 0.490 e. The fraction of sp³-hybridized carbons (Fsp3) is 0.350. The van der Waals surface area contributed by atoms with E-state index in [0.29, 0.717) is 25.9 Å². The molecule has 0 aliphatic carbocycles. The Bertz CT molecular complexity index is 981. The molecule has 6 nitrogen and oxygen atoms in total. The van der Waals surface area contributed by atoms with Gasteiger partial charge in [-0.3, -0.25) is 4.79 Å². The van der Waals surface area contributed by atoms with Gasteiger partial charge in [-0.1, -0.05) is 23.5 Å². The Hall–Kier alpha value is -2.66. The van der Waals surface area contributed by atoms with Gasteiger partial charge < -0.3 is 14.7 Å². The molecule has 1 N–H and O–H groups in total. The first-order chi connectivity index (χ1) is 14.7. The quantitative estimate of drug-likeness (QED) is 0.547. The van der Waals surface area contributed by atoms with E-state index < -0.39 is 17.7 Å². The molecular formula is C20H20F3N3O3S2. The number of thiazole rings is 2. The van der Waals surface area contributed by atoms with Crippen LogP contribution in [-0.2, 0) is 11.0 Å². The second-order valence-corrected chi connectivity index (χ2v) is 8.57. The molecule has 0 atom stereocenters. The van der Waals surface area contributed by atoms with Crippen molar-refractivity contribution in [1.29, 1.82) is 0 Å². The molecule has 31 heavy (non-hydrogen) atoms. The molecule has 3 heterocycles. The summed E-state index contributed by atoms with van der Waals surface area (Å²) in [5.74, 6) is -0.927. The number of anilines is 1. The summed E-state index contributed by atoms with van der Waals surface area (Å²) >= 11 is 3.15. The lowest BCUT2D eigenvalue weighted by Gasteiger charge is -2.32. The van der Waals surface area contributed by atoms with Gasteiger partial charge in [0.1, 0.15) is 16.9 Å². The van der Waals surface area contributed by atoms with Gasteiger partial charge in [0.05, 0.1) is 16.6 Å². The number of halogens is 3. The van der Waals surface area contributed by atoms with Crippen LogP contribution in [0.1, 0.15) is 25.3 Å². The third-order valence-corrected chi connectivity index (χ3v) is 6.34. The Labute approximate surface area is 185 Å². The molecule has 1 aliphatic rings. The minimum Gasteiger partial charge on any atom is -0.490 e. The van der Waals surface area contributed by atoms with Crippen molar-refractivity contribution in [2.24, 2.45) is 0 Å². The van der Waals surface area contributed by atoms with E-state index >= 15 is 0 Å². The zero-order valence-corrected chi connectivity index (χ0v) is 18.1. The highest BCUT2D eigenvalue weighted by atomic mass is 32.1. The first-order valence-corrected chi connectivity index (χ1v) is 11.1. The van der Waals surface area contributed by atoms with Crippen molar-refractivity contribution in [2.45, 2.75) is 32.0 Å². The minimum absolute atomic E-state index is 0.0937. The molecule has 2 aromatic heterocycles. The van der Waals surface area contributed by atoms with Gasteiger partial charge in [0.25, 0.3) is 5.97 Å². The van der Waals surface area contributed by atoms with Crippen LogP contribution in [0.3, 0.4) is 0 Å². The molecule has 0 saturated carbocycles. The molecule has 0 bridgehead atoms. The van der Waals surface area contributed by atoms with Gasteiger partial charge in [0.15, 0.2) is 5.13 Å². The first-order valence-electron chi connectivity index (χ1n) is 9.37. The number of carboxylic acid groups (broad SMARTS) is 1. The molecule has 0 unspecified atom stereocenters. The van der Waals surface area contributed by atoms with Gasteiger partial charge in [-0.25, -0.2) is 9.97 Å². The molecule has 1 saturated heterocycles. The van der Waals surface area contributed by atoms with Crippen LogP contribution >= 0.6 is 22.7 Å². The third kappa shape index (κ3) is 6.41. The van der Waals surface area contributed by atoms with E-state index in [1.807, 2.05) is 11.6 Å². The molecular weight excluding hydrogens is 451 g/mol. The van der Waals surface area contributed by atoms with Crippen LogP contribution < -0.4 is 9.64 Å². The number of para-hydroxylation sites is 1. The number of alkyl halides is 3. The minimum atomic E-state index is -4.41. The Balaban J connectivity index is 0.000000628. The van der Waals surface area contributed by atoms with E-state index in [9.17, 15) is 13.2 Å². The number of carbonyl (C=O) groups is 1. The maximum absolute atomic E-state index is 13.1. The molecule has 1 aliphatic heterocycles. The zero-order chi connectivity index (χ0) is 22.4. The number of piperidine rings is 1. The predicted molar refractivity (Wildman–Crippen MR) is 114 cm³/mol. The lowest BCUT2D eigenvalue weighted by Crippen LogP contribution is -2.38. The number of hydrogen-bond acceptors (Lipinski definition) is 7. The normalized spacial score (nSPS) is 14.6. The summed E-state index contributed by atoms with van der Waals surface area (Å²) in [6.45, 7) is 2.48. The number of aromatic nitrogens is 2. The molecule has 0 amide bonds. The molecule has 1 aromatic carbocycles. The molecule has 166 valence electrons. The molecule has 11 heteroatoms. The van der Waals surface area contributed by atoms with E-state index in [-0.39, 0.29) is 11.9 Å². The van der Waals surface area contributed by atoms with Crippen molar-refractivity contribution in [3.05, 3.63) is 47.6 Å². The fourth-order valence-corrected chi connectivity index (χ4v) is 4.67. The predicted octanol–water partition coefficient (Wildman–Crippen LogP) is 5.42.